The summed E-state index contributed by atoms with van der Waals surface area (Å²) in [6.45, 7) is 5.69. The second-order valence-corrected chi connectivity index (χ2v) is 6.84. The Morgan fingerprint density at radius 1 is 1.36 bits per heavy atom. The molecule has 1 heterocycles. The van der Waals surface area contributed by atoms with E-state index >= 15 is 0 Å². The van der Waals surface area contributed by atoms with Crippen molar-refractivity contribution in [3.8, 4) is 11.3 Å². The highest BCUT2D eigenvalue weighted by Gasteiger charge is 2.26. The van der Waals surface area contributed by atoms with Crippen LogP contribution in [0.5, 0.6) is 0 Å². The van der Waals surface area contributed by atoms with Crippen molar-refractivity contribution in [2.24, 2.45) is 0 Å². The average molecular weight is 366 g/mol. The maximum atomic E-state index is 12.4. The maximum absolute atomic E-state index is 12.4. The van der Waals surface area contributed by atoms with E-state index in [-0.39, 0.29) is 18.8 Å². The van der Waals surface area contributed by atoms with Crippen LogP contribution in [-0.4, -0.2) is 45.6 Å². The van der Waals surface area contributed by atoms with Crippen molar-refractivity contribution in [2.45, 2.75) is 26.3 Å². The second-order valence-electron chi connectivity index (χ2n) is 6.40. The molecule has 0 saturated carbocycles. The number of benzene rings is 1. The van der Waals surface area contributed by atoms with Crippen LogP contribution in [0.4, 0.5) is 4.79 Å². The molecule has 2 rings (SSSR count). The first-order valence-electron chi connectivity index (χ1n) is 7.68. The standard InChI is InChI=1S/C17H20ClN3O4/c1-17(2,3)21(16(23)24)8-7-19-15(22)13-14(25-10-20-13)11-5-4-6-12(18)9-11/h4-6,9-10H,7-8H2,1-3H3,(H,19,22)(H,23,24). The molecule has 2 aromatic rings. The Kier molecular flexibility index (Phi) is 5.69. The third-order valence-corrected chi connectivity index (χ3v) is 3.77. The first-order chi connectivity index (χ1) is 11.7. The summed E-state index contributed by atoms with van der Waals surface area (Å²) >= 11 is 5.96. The van der Waals surface area contributed by atoms with Crippen LogP contribution < -0.4 is 5.32 Å². The molecule has 0 saturated heterocycles. The predicted molar refractivity (Wildman–Crippen MR) is 93.8 cm³/mol. The topological polar surface area (TPSA) is 95.7 Å². The van der Waals surface area contributed by atoms with Gasteiger partial charge in [-0.3, -0.25) is 4.79 Å². The molecule has 0 radical (unpaired) electrons. The van der Waals surface area contributed by atoms with Crippen molar-refractivity contribution in [3.05, 3.63) is 41.4 Å². The van der Waals surface area contributed by atoms with Crippen LogP contribution in [0.2, 0.25) is 5.02 Å². The number of aromatic nitrogens is 1. The van der Waals surface area contributed by atoms with E-state index in [2.05, 4.69) is 10.3 Å². The van der Waals surface area contributed by atoms with E-state index in [0.717, 1.165) is 0 Å². The first kappa shape index (κ1) is 18.8. The van der Waals surface area contributed by atoms with Gasteiger partial charge in [0.1, 0.15) is 0 Å². The molecule has 0 aliphatic carbocycles. The van der Waals surface area contributed by atoms with E-state index in [0.29, 0.717) is 16.3 Å². The molecule has 0 aliphatic heterocycles. The van der Waals surface area contributed by atoms with Crippen molar-refractivity contribution in [3.63, 3.8) is 0 Å². The molecule has 8 heteroatoms. The van der Waals surface area contributed by atoms with Gasteiger partial charge in [-0.05, 0) is 32.9 Å². The fourth-order valence-corrected chi connectivity index (χ4v) is 2.52. The molecule has 134 valence electrons. The van der Waals surface area contributed by atoms with E-state index in [4.69, 9.17) is 16.0 Å². The minimum atomic E-state index is -1.04. The van der Waals surface area contributed by atoms with Gasteiger partial charge in [0.2, 0.25) is 0 Å². The van der Waals surface area contributed by atoms with Gasteiger partial charge >= 0.3 is 6.09 Å². The van der Waals surface area contributed by atoms with E-state index < -0.39 is 17.5 Å². The van der Waals surface area contributed by atoms with Gasteiger partial charge in [0.25, 0.3) is 5.91 Å². The van der Waals surface area contributed by atoms with Gasteiger partial charge in [0, 0.05) is 29.2 Å². The Morgan fingerprint density at radius 3 is 2.68 bits per heavy atom. The van der Waals surface area contributed by atoms with E-state index in [1.54, 1.807) is 45.0 Å². The molecule has 2 N–H and O–H groups in total. The molecule has 0 bridgehead atoms. The Labute approximate surface area is 150 Å². The summed E-state index contributed by atoms with van der Waals surface area (Å²) in [5, 5.41) is 12.4. The zero-order valence-electron chi connectivity index (χ0n) is 14.2. The van der Waals surface area contributed by atoms with Crippen LogP contribution >= 0.6 is 11.6 Å². The Balaban J connectivity index is 2.06. The Morgan fingerprint density at radius 2 is 2.08 bits per heavy atom. The number of hydrogen-bond acceptors (Lipinski definition) is 4. The molecule has 0 spiro atoms. The molecular formula is C17H20ClN3O4. The molecule has 1 aromatic heterocycles. The SMILES string of the molecule is CC(C)(C)N(CCNC(=O)c1ncoc1-c1cccc(Cl)c1)C(=O)O. The third-order valence-electron chi connectivity index (χ3n) is 3.53. The average Bonchev–Trinajstić information content (AvgIpc) is 2.99. The fourth-order valence-electron chi connectivity index (χ4n) is 2.33. The highest BCUT2D eigenvalue weighted by atomic mass is 35.5. The molecule has 25 heavy (non-hydrogen) atoms. The van der Waals surface area contributed by atoms with Crippen molar-refractivity contribution in [2.75, 3.05) is 13.1 Å². The molecule has 0 unspecified atom stereocenters. The summed E-state index contributed by atoms with van der Waals surface area (Å²) in [5.74, 6) is -0.131. The van der Waals surface area contributed by atoms with Gasteiger partial charge in [-0.2, -0.15) is 0 Å². The molecular weight excluding hydrogens is 346 g/mol. The monoisotopic (exact) mass is 365 g/mol. The number of rotatable bonds is 5. The molecule has 0 fully saturated rings. The van der Waals surface area contributed by atoms with Crippen LogP contribution in [0.3, 0.4) is 0 Å². The minimum Gasteiger partial charge on any atom is -0.465 e. The van der Waals surface area contributed by atoms with E-state index in [1.807, 2.05) is 0 Å². The molecule has 7 nitrogen and oxygen atoms in total. The van der Waals surface area contributed by atoms with Gasteiger partial charge in [-0.15, -0.1) is 0 Å². The highest BCUT2D eigenvalue weighted by molar-refractivity contribution is 6.30. The lowest BCUT2D eigenvalue weighted by Crippen LogP contribution is -2.48. The summed E-state index contributed by atoms with van der Waals surface area (Å²) in [6.07, 6.45) is 0.145. The summed E-state index contributed by atoms with van der Waals surface area (Å²) in [7, 11) is 0. The lowest BCUT2D eigenvalue weighted by Gasteiger charge is -2.33. The van der Waals surface area contributed by atoms with Crippen LogP contribution in [0, 0.1) is 0 Å². The number of amides is 2. The summed E-state index contributed by atoms with van der Waals surface area (Å²) in [6, 6.07) is 6.89. The van der Waals surface area contributed by atoms with E-state index in [1.165, 1.54) is 11.3 Å². The third kappa shape index (κ3) is 4.73. The highest BCUT2D eigenvalue weighted by Crippen LogP contribution is 2.25. The first-order valence-corrected chi connectivity index (χ1v) is 8.06. The molecule has 2 amide bonds. The zero-order valence-corrected chi connectivity index (χ0v) is 15.0. The van der Waals surface area contributed by atoms with Gasteiger partial charge in [0.05, 0.1) is 0 Å². The van der Waals surface area contributed by atoms with Gasteiger partial charge < -0.3 is 19.7 Å². The summed E-state index contributed by atoms with van der Waals surface area (Å²) in [5.41, 5.74) is 0.202. The largest absolute Gasteiger partial charge is 0.465 e. The van der Waals surface area contributed by atoms with Crippen LogP contribution in [0.25, 0.3) is 11.3 Å². The summed E-state index contributed by atoms with van der Waals surface area (Å²) in [4.78, 5) is 28.9. The fraction of sp³-hybridized carbons (Fsp3) is 0.353. The number of carbonyl (C=O) groups is 2. The Hall–Kier alpha value is -2.54. The van der Waals surface area contributed by atoms with E-state index in [9.17, 15) is 14.7 Å². The molecule has 1 aromatic carbocycles. The second kappa shape index (κ2) is 7.57. The number of oxazole rings is 1. The van der Waals surface area contributed by atoms with Crippen LogP contribution in [0.15, 0.2) is 35.1 Å². The van der Waals surface area contributed by atoms with Crippen molar-refractivity contribution < 1.29 is 19.1 Å². The van der Waals surface area contributed by atoms with Gasteiger partial charge in [-0.1, -0.05) is 23.7 Å². The minimum absolute atomic E-state index is 0.125. The van der Waals surface area contributed by atoms with Crippen molar-refractivity contribution >= 4 is 23.6 Å². The van der Waals surface area contributed by atoms with Crippen LogP contribution in [0.1, 0.15) is 31.3 Å². The van der Waals surface area contributed by atoms with Gasteiger partial charge in [-0.25, -0.2) is 9.78 Å². The lowest BCUT2D eigenvalue weighted by molar-refractivity contribution is 0.0889. The number of carboxylic acid groups (broad SMARTS) is 1. The molecule has 0 aliphatic rings. The van der Waals surface area contributed by atoms with Crippen molar-refractivity contribution in [1.82, 2.24) is 15.2 Å². The quantitative estimate of drug-likeness (QED) is 0.845. The number of carbonyl (C=O) groups excluding carboxylic acids is 1. The maximum Gasteiger partial charge on any atom is 0.407 e. The lowest BCUT2D eigenvalue weighted by atomic mass is 10.1. The molecule has 0 atom stereocenters. The van der Waals surface area contributed by atoms with Crippen LogP contribution in [-0.2, 0) is 0 Å². The normalized spacial score (nSPS) is 11.2. The summed E-state index contributed by atoms with van der Waals surface area (Å²) < 4.78 is 5.31. The number of nitrogens with one attached hydrogen (secondary N) is 1. The van der Waals surface area contributed by atoms with Gasteiger partial charge in [0.15, 0.2) is 17.8 Å². The van der Waals surface area contributed by atoms with Crippen molar-refractivity contribution in [1.29, 1.82) is 0 Å². The number of halogens is 1. The smallest absolute Gasteiger partial charge is 0.407 e. The Bertz CT molecular complexity index is 767. The number of hydrogen-bond donors (Lipinski definition) is 2. The predicted octanol–water partition coefficient (Wildman–Crippen LogP) is 3.50. The number of nitrogens with zero attached hydrogens (tertiary/aromatic N) is 2. The zero-order chi connectivity index (χ0) is 18.6.